The lowest BCUT2D eigenvalue weighted by molar-refractivity contribution is -0.384. The lowest BCUT2D eigenvalue weighted by Crippen LogP contribution is -2.30. The van der Waals surface area contributed by atoms with Crippen LogP contribution in [0.25, 0.3) is 0 Å². The van der Waals surface area contributed by atoms with Crippen molar-refractivity contribution in [2.75, 3.05) is 5.32 Å². The maximum absolute atomic E-state index is 11.1. The Morgan fingerprint density at radius 1 is 1.16 bits per heavy atom. The molecule has 0 aromatic heterocycles. The molecule has 1 heterocycles. The molecule has 126 valence electrons. The van der Waals surface area contributed by atoms with E-state index in [1.807, 2.05) is 0 Å². The molecule has 3 atom stereocenters. The van der Waals surface area contributed by atoms with E-state index in [0.717, 1.165) is 23.2 Å². The van der Waals surface area contributed by atoms with Gasteiger partial charge in [-0.25, -0.2) is 0 Å². The van der Waals surface area contributed by atoms with Crippen molar-refractivity contribution in [1.82, 2.24) is 0 Å². The van der Waals surface area contributed by atoms with Crippen LogP contribution in [-0.4, -0.2) is 10.9 Å². The number of non-ortho nitro benzene ring substituents is 1. The van der Waals surface area contributed by atoms with E-state index in [2.05, 4.69) is 17.5 Å². The maximum Gasteiger partial charge on any atom is 0.269 e. The minimum Gasteiger partial charge on any atom is -0.545 e. The molecule has 0 radical (unpaired) electrons. The third-order valence-electron chi connectivity index (χ3n) is 5.06. The first-order valence-electron chi connectivity index (χ1n) is 8.07. The standard InChI is InChI=1S/C19H16N2O4/c22-19(23)12-6-9-17-16(10-12)14-2-1-3-15(14)18(20-17)11-4-7-13(8-5-11)21(24)25/h1-2,4-10,14-15,18,20H,3H2,(H,22,23)/p-1/t14-,15+,18+/m0/s1. The Bertz CT molecular complexity index is 889. The van der Waals surface area contributed by atoms with Gasteiger partial charge in [0.1, 0.15) is 0 Å². The van der Waals surface area contributed by atoms with Gasteiger partial charge < -0.3 is 15.2 Å². The zero-order chi connectivity index (χ0) is 17.6. The highest BCUT2D eigenvalue weighted by Gasteiger charge is 2.38. The second kappa shape index (κ2) is 5.73. The number of anilines is 1. The fourth-order valence-electron chi connectivity index (χ4n) is 3.85. The number of carboxylic acids is 1. The van der Waals surface area contributed by atoms with Gasteiger partial charge in [0.25, 0.3) is 5.69 Å². The molecule has 4 rings (SSSR count). The number of nitrogens with one attached hydrogen (secondary N) is 1. The Balaban J connectivity index is 1.72. The first-order valence-corrected chi connectivity index (χ1v) is 8.07. The van der Waals surface area contributed by atoms with Crippen LogP contribution >= 0.6 is 0 Å². The summed E-state index contributed by atoms with van der Waals surface area (Å²) in [6, 6.07) is 11.6. The van der Waals surface area contributed by atoms with Crippen molar-refractivity contribution in [3.05, 3.63) is 81.4 Å². The zero-order valence-corrected chi connectivity index (χ0v) is 13.2. The molecule has 25 heavy (non-hydrogen) atoms. The van der Waals surface area contributed by atoms with Gasteiger partial charge in [-0.1, -0.05) is 30.4 Å². The summed E-state index contributed by atoms with van der Waals surface area (Å²) in [6.07, 6.45) is 5.09. The summed E-state index contributed by atoms with van der Waals surface area (Å²) in [7, 11) is 0. The topological polar surface area (TPSA) is 95.3 Å². The van der Waals surface area contributed by atoms with E-state index in [4.69, 9.17) is 0 Å². The maximum atomic E-state index is 11.1. The second-order valence-electron chi connectivity index (χ2n) is 6.41. The molecular formula is C19H15N2O4-. The Kier molecular flexibility index (Phi) is 3.53. The van der Waals surface area contributed by atoms with Crippen LogP contribution in [0.3, 0.4) is 0 Å². The van der Waals surface area contributed by atoms with Gasteiger partial charge in [0.05, 0.1) is 16.9 Å². The first-order chi connectivity index (χ1) is 12.0. The largest absolute Gasteiger partial charge is 0.545 e. The van der Waals surface area contributed by atoms with Crippen molar-refractivity contribution in [2.24, 2.45) is 5.92 Å². The van der Waals surface area contributed by atoms with E-state index in [-0.39, 0.29) is 29.1 Å². The Labute approximate surface area is 144 Å². The molecule has 6 nitrogen and oxygen atoms in total. The van der Waals surface area contributed by atoms with E-state index < -0.39 is 10.9 Å². The quantitative estimate of drug-likeness (QED) is 0.529. The number of carbonyl (C=O) groups excluding carboxylic acids is 1. The van der Waals surface area contributed by atoms with Gasteiger partial charge in [0, 0.05) is 23.7 Å². The van der Waals surface area contributed by atoms with Crippen molar-refractivity contribution in [1.29, 1.82) is 0 Å². The number of nitrogens with zero attached hydrogens (tertiary/aromatic N) is 1. The van der Waals surface area contributed by atoms with Crippen molar-refractivity contribution in [2.45, 2.75) is 18.4 Å². The van der Waals surface area contributed by atoms with Crippen LogP contribution < -0.4 is 10.4 Å². The SMILES string of the molecule is O=C([O-])c1ccc2c(c1)[C@H]1C=CC[C@H]1[C@@H](c1ccc([N+](=O)[O-])cc1)N2. The molecule has 0 fully saturated rings. The Morgan fingerprint density at radius 3 is 2.60 bits per heavy atom. The molecule has 6 heteroatoms. The van der Waals surface area contributed by atoms with Gasteiger partial charge in [0.2, 0.25) is 0 Å². The molecule has 0 saturated carbocycles. The van der Waals surface area contributed by atoms with Crippen LogP contribution in [0.2, 0.25) is 0 Å². The van der Waals surface area contributed by atoms with Gasteiger partial charge in [-0.05, 0) is 41.2 Å². The van der Waals surface area contributed by atoms with Crippen molar-refractivity contribution < 1.29 is 14.8 Å². The third kappa shape index (κ3) is 2.55. The van der Waals surface area contributed by atoms with Crippen LogP contribution in [-0.2, 0) is 0 Å². The van der Waals surface area contributed by atoms with Crippen molar-refractivity contribution in [3.63, 3.8) is 0 Å². The average molecular weight is 335 g/mol. The van der Waals surface area contributed by atoms with Gasteiger partial charge in [-0.3, -0.25) is 10.1 Å². The molecule has 1 aliphatic carbocycles. The van der Waals surface area contributed by atoms with Crippen LogP contribution in [0.15, 0.2) is 54.6 Å². The summed E-state index contributed by atoms with van der Waals surface area (Å²) < 4.78 is 0. The highest BCUT2D eigenvalue weighted by atomic mass is 16.6. The van der Waals surface area contributed by atoms with E-state index in [1.54, 1.807) is 24.3 Å². The van der Waals surface area contributed by atoms with Gasteiger partial charge in [-0.2, -0.15) is 0 Å². The van der Waals surface area contributed by atoms with E-state index >= 15 is 0 Å². The van der Waals surface area contributed by atoms with E-state index in [9.17, 15) is 20.0 Å². The zero-order valence-electron chi connectivity index (χ0n) is 13.2. The molecule has 0 amide bonds. The number of benzene rings is 2. The molecule has 0 spiro atoms. The molecular weight excluding hydrogens is 320 g/mol. The molecule has 2 aliphatic rings. The van der Waals surface area contributed by atoms with Gasteiger partial charge in [0.15, 0.2) is 0 Å². The van der Waals surface area contributed by atoms with Crippen molar-refractivity contribution >= 4 is 17.3 Å². The molecule has 1 N–H and O–H groups in total. The Hall–Kier alpha value is -3.15. The third-order valence-corrected chi connectivity index (χ3v) is 5.06. The predicted octanol–water partition coefficient (Wildman–Crippen LogP) is 2.78. The fraction of sp³-hybridized carbons (Fsp3) is 0.211. The van der Waals surface area contributed by atoms with Crippen LogP contribution in [0.5, 0.6) is 0 Å². The minimum absolute atomic E-state index is 0.0158. The number of rotatable bonds is 3. The number of carboxylic acid groups (broad SMARTS) is 1. The van der Waals surface area contributed by atoms with E-state index in [1.165, 1.54) is 18.2 Å². The molecule has 2 aromatic carbocycles. The van der Waals surface area contributed by atoms with Crippen molar-refractivity contribution in [3.8, 4) is 0 Å². The number of allylic oxidation sites excluding steroid dienone is 2. The summed E-state index contributed by atoms with van der Waals surface area (Å²) in [5.41, 5.74) is 3.08. The molecule has 1 aliphatic heterocycles. The number of nitro groups is 1. The minimum atomic E-state index is -1.18. The molecule has 0 bridgehead atoms. The highest BCUT2D eigenvalue weighted by molar-refractivity contribution is 5.87. The second-order valence-corrected chi connectivity index (χ2v) is 6.41. The lowest BCUT2D eigenvalue weighted by Gasteiger charge is -2.37. The Morgan fingerprint density at radius 2 is 1.92 bits per heavy atom. The monoisotopic (exact) mass is 335 g/mol. The average Bonchev–Trinajstić information content (AvgIpc) is 3.10. The summed E-state index contributed by atoms with van der Waals surface area (Å²) in [4.78, 5) is 21.6. The number of carbonyl (C=O) groups is 1. The normalized spacial score (nSPS) is 23.4. The van der Waals surface area contributed by atoms with Gasteiger partial charge >= 0.3 is 0 Å². The van der Waals surface area contributed by atoms with Crippen LogP contribution in [0.1, 0.15) is 39.9 Å². The molecule has 0 unspecified atom stereocenters. The highest BCUT2D eigenvalue weighted by Crippen LogP contribution is 2.49. The smallest absolute Gasteiger partial charge is 0.269 e. The molecule has 2 aromatic rings. The number of nitro benzene ring substituents is 1. The van der Waals surface area contributed by atoms with Crippen LogP contribution in [0.4, 0.5) is 11.4 Å². The first kappa shape index (κ1) is 15.4. The summed E-state index contributed by atoms with van der Waals surface area (Å²) in [5.74, 6) is -0.819. The number of hydrogen-bond acceptors (Lipinski definition) is 5. The summed E-state index contributed by atoms with van der Waals surface area (Å²) in [6.45, 7) is 0. The summed E-state index contributed by atoms with van der Waals surface area (Å²) >= 11 is 0. The van der Waals surface area contributed by atoms with E-state index in [0.29, 0.717) is 0 Å². The molecule has 0 saturated heterocycles. The lowest BCUT2D eigenvalue weighted by atomic mass is 9.76. The van der Waals surface area contributed by atoms with Crippen LogP contribution in [0, 0.1) is 16.0 Å². The van der Waals surface area contributed by atoms with Gasteiger partial charge in [-0.15, -0.1) is 0 Å². The predicted molar refractivity (Wildman–Crippen MR) is 90.2 cm³/mol. The summed E-state index contributed by atoms with van der Waals surface area (Å²) in [5, 5.41) is 25.5. The number of hydrogen-bond donors (Lipinski definition) is 1. The number of aromatic carboxylic acids is 1. The fourth-order valence-corrected chi connectivity index (χ4v) is 3.85. The number of fused-ring (bicyclic) bond motifs is 3.